The zero-order valence-electron chi connectivity index (χ0n) is 12.8. The highest BCUT2D eigenvalue weighted by atomic mass is 16.5. The Hall–Kier alpha value is -1.55. The Morgan fingerprint density at radius 1 is 1.20 bits per heavy atom. The van der Waals surface area contributed by atoms with Crippen LogP contribution < -0.4 is 10.1 Å². The van der Waals surface area contributed by atoms with Crippen LogP contribution in [0.4, 0.5) is 0 Å². The molecule has 0 bridgehead atoms. The second kappa shape index (κ2) is 9.37. The van der Waals surface area contributed by atoms with E-state index in [9.17, 15) is 4.79 Å². The first-order valence-electron chi connectivity index (χ1n) is 7.33. The molecule has 0 saturated carbocycles. The normalized spacial score (nSPS) is 10.3. The Labute approximate surface area is 122 Å². The van der Waals surface area contributed by atoms with Crippen LogP contribution in [-0.2, 0) is 11.3 Å². The lowest BCUT2D eigenvalue weighted by molar-refractivity contribution is -0.130. The highest BCUT2D eigenvalue weighted by Crippen LogP contribution is 2.16. The summed E-state index contributed by atoms with van der Waals surface area (Å²) < 4.78 is 5.29. The Kier molecular flexibility index (Phi) is 7.73. The molecule has 0 aliphatic carbocycles. The number of benzene rings is 1. The molecule has 0 fully saturated rings. The molecule has 1 aromatic rings. The van der Waals surface area contributed by atoms with Gasteiger partial charge < -0.3 is 15.0 Å². The Morgan fingerprint density at radius 2 is 1.85 bits per heavy atom. The Bertz CT molecular complexity index is 401. The molecule has 0 spiro atoms. The van der Waals surface area contributed by atoms with Crippen molar-refractivity contribution in [1.29, 1.82) is 0 Å². The molecular weight excluding hydrogens is 252 g/mol. The second-order valence-corrected chi connectivity index (χ2v) is 4.80. The monoisotopic (exact) mass is 278 g/mol. The molecule has 0 unspecified atom stereocenters. The van der Waals surface area contributed by atoms with Gasteiger partial charge in [-0.3, -0.25) is 4.79 Å². The molecule has 4 heteroatoms. The molecule has 0 atom stereocenters. The van der Waals surface area contributed by atoms with Gasteiger partial charge in [-0.2, -0.15) is 0 Å². The van der Waals surface area contributed by atoms with E-state index >= 15 is 0 Å². The van der Waals surface area contributed by atoms with Crippen molar-refractivity contribution in [3.63, 3.8) is 0 Å². The molecule has 1 rings (SSSR count). The number of rotatable bonds is 9. The lowest BCUT2D eigenvalue weighted by Gasteiger charge is -2.21. The van der Waals surface area contributed by atoms with E-state index < -0.39 is 0 Å². The van der Waals surface area contributed by atoms with Gasteiger partial charge in [-0.05, 0) is 18.9 Å². The average molecular weight is 278 g/mol. The van der Waals surface area contributed by atoms with E-state index in [0.717, 1.165) is 37.2 Å². The Balaban J connectivity index is 2.44. The van der Waals surface area contributed by atoms with Crippen molar-refractivity contribution in [2.75, 3.05) is 26.7 Å². The summed E-state index contributed by atoms with van der Waals surface area (Å²) in [6, 6.07) is 7.85. The number of methoxy groups -OCH3 is 1. The maximum atomic E-state index is 12.1. The van der Waals surface area contributed by atoms with Gasteiger partial charge in [0.1, 0.15) is 5.75 Å². The van der Waals surface area contributed by atoms with Crippen LogP contribution in [-0.4, -0.2) is 37.6 Å². The van der Waals surface area contributed by atoms with Crippen LogP contribution in [0.3, 0.4) is 0 Å². The molecule has 1 amide bonds. The van der Waals surface area contributed by atoms with Crippen molar-refractivity contribution in [3.8, 4) is 5.75 Å². The minimum atomic E-state index is 0.170. The first-order chi connectivity index (χ1) is 9.72. The van der Waals surface area contributed by atoms with Gasteiger partial charge >= 0.3 is 0 Å². The summed E-state index contributed by atoms with van der Waals surface area (Å²) in [5.41, 5.74) is 1.07. The number of nitrogens with one attached hydrogen (secondary N) is 1. The number of amides is 1. The van der Waals surface area contributed by atoms with Crippen LogP contribution >= 0.6 is 0 Å². The van der Waals surface area contributed by atoms with Gasteiger partial charge in [-0.1, -0.05) is 32.0 Å². The standard InChI is InChI=1S/C16H26N2O2/c1-4-10-18(11-5-2)16(19)13-17-12-14-8-6-7-9-15(14)20-3/h6-9,17H,4-5,10-13H2,1-3H3. The van der Waals surface area contributed by atoms with Crippen molar-refractivity contribution in [2.24, 2.45) is 0 Å². The lowest BCUT2D eigenvalue weighted by atomic mass is 10.2. The van der Waals surface area contributed by atoms with Crippen LogP contribution in [0.5, 0.6) is 5.75 Å². The van der Waals surface area contributed by atoms with Crippen molar-refractivity contribution in [2.45, 2.75) is 33.2 Å². The predicted molar refractivity (Wildman–Crippen MR) is 81.9 cm³/mol. The minimum absolute atomic E-state index is 0.170. The fourth-order valence-corrected chi connectivity index (χ4v) is 2.17. The number of carbonyl (C=O) groups excluding carboxylic acids is 1. The maximum absolute atomic E-state index is 12.1. The van der Waals surface area contributed by atoms with Crippen molar-refractivity contribution >= 4 is 5.91 Å². The highest BCUT2D eigenvalue weighted by molar-refractivity contribution is 5.78. The molecule has 1 aromatic carbocycles. The van der Waals surface area contributed by atoms with Crippen LogP contribution in [0.25, 0.3) is 0 Å². The third-order valence-corrected chi connectivity index (χ3v) is 3.12. The zero-order valence-corrected chi connectivity index (χ0v) is 12.8. The van der Waals surface area contributed by atoms with Crippen molar-refractivity contribution < 1.29 is 9.53 Å². The molecule has 0 heterocycles. The third kappa shape index (κ3) is 5.21. The molecule has 4 nitrogen and oxygen atoms in total. The summed E-state index contributed by atoms with van der Waals surface area (Å²) in [6.45, 7) is 6.88. The highest BCUT2D eigenvalue weighted by Gasteiger charge is 2.11. The number of para-hydroxylation sites is 1. The van der Waals surface area contributed by atoms with Gasteiger partial charge in [-0.15, -0.1) is 0 Å². The van der Waals surface area contributed by atoms with Gasteiger partial charge in [0.2, 0.25) is 5.91 Å². The number of ether oxygens (including phenoxy) is 1. The molecule has 0 aromatic heterocycles. The molecule has 0 aliphatic heterocycles. The minimum Gasteiger partial charge on any atom is -0.496 e. The van der Waals surface area contributed by atoms with Gasteiger partial charge in [0, 0.05) is 25.2 Å². The van der Waals surface area contributed by atoms with Gasteiger partial charge in [0.05, 0.1) is 13.7 Å². The molecule has 0 aliphatic rings. The summed E-state index contributed by atoms with van der Waals surface area (Å²) in [4.78, 5) is 14.0. The summed E-state index contributed by atoms with van der Waals surface area (Å²) >= 11 is 0. The molecule has 0 saturated heterocycles. The van der Waals surface area contributed by atoms with Crippen LogP contribution in [0.2, 0.25) is 0 Å². The zero-order chi connectivity index (χ0) is 14.8. The Morgan fingerprint density at radius 3 is 2.45 bits per heavy atom. The number of hydrogen-bond acceptors (Lipinski definition) is 3. The van der Waals surface area contributed by atoms with Crippen molar-refractivity contribution in [3.05, 3.63) is 29.8 Å². The van der Waals surface area contributed by atoms with Crippen LogP contribution in [0.15, 0.2) is 24.3 Å². The third-order valence-electron chi connectivity index (χ3n) is 3.12. The fraction of sp³-hybridized carbons (Fsp3) is 0.562. The van der Waals surface area contributed by atoms with E-state index in [1.165, 1.54) is 0 Å². The number of carbonyl (C=O) groups is 1. The van der Waals surface area contributed by atoms with E-state index in [-0.39, 0.29) is 5.91 Å². The molecule has 0 radical (unpaired) electrons. The molecule has 1 N–H and O–H groups in total. The molecular formula is C16H26N2O2. The predicted octanol–water partition coefficient (Wildman–Crippen LogP) is 2.43. The first-order valence-corrected chi connectivity index (χ1v) is 7.33. The molecule has 112 valence electrons. The largest absolute Gasteiger partial charge is 0.496 e. The van der Waals surface area contributed by atoms with Crippen molar-refractivity contribution in [1.82, 2.24) is 10.2 Å². The van der Waals surface area contributed by atoms with Crippen LogP contribution in [0.1, 0.15) is 32.3 Å². The van der Waals surface area contributed by atoms with Gasteiger partial charge in [0.15, 0.2) is 0 Å². The van der Waals surface area contributed by atoms with E-state index in [1.807, 2.05) is 29.2 Å². The summed E-state index contributed by atoms with van der Waals surface area (Å²) in [7, 11) is 1.66. The SMILES string of the molecule is CCCN(CCC)C(=O)CNCc1ccccc1OC. The van der Waals surface area contributed by atoms with E-state index in [0.29, 0.717) is 13.1 Å². The van der Waals surface area contributed by atoms with E-state index in [1.54, 1.807) is 7.11 Å². The van der Waals surface area contributed by atoms with E-state index in [2.05, 4.69) is 19.2 Å². The second-order valence-electron chi connectivity index (χ2n) is 4.80. The fourth-order valence-electron chi connectivity index (χ4n) is 2.17. The average Bonchev–Trinajstić information content (AvgIpc) is 2.47. The van der Waals surface area contributed by atoms with Crippen LogP contribution in [0, 0.1) is 0 Å². The molecule has 20 heavy (non-hydrogen) atoms. The lowest BCUT2D eigenvalue weighted by Crippen LogP contribution is -2.39. The van der Waals surface area contributed by atoms with E-state index in [4.69, 9.17) is 4.74 Å². The topological polar surface area (TPSA) is 41.6 Å². The van der Waals surface area contributed by atoms with Gasteiger partial charge in [-0.25, -0.2) is 0 Å². The van der Waals surface area contributed by atoms with Gasteiger partial charge in [0.25, 0.3) is 0 Å². The summed E-state index contributed by atoms with van der Waals surface area (Å²) in [5, 5.41) is 3.20. The quantitative estimate of drug-likeness (QED) is 0.754. The maximum Gasteiger partial charge on any atom is 0.236 e. The summed E-state index contributed by atoms with van der Waals surface area (Å²) in [6.07, 6.45) is 2.00. The number of hydrogen-bond donors (Lipinski definition) is 1. The first kappa shape index (κ1) is 16.5. The summed E-state index contributed by atoms with van der Waals surface area (Å²) in [5.74, 6) is 1.02. The number of nitrogens with zero attached hydrogens (tertiary/aromatic N) is 1. The smallest absolute Gasteiger partial charge is 0.236 e.